The minimum absolute atomic E-state index is 0.0599. The third kappa shape index (κ3) is 1.87. The predicted octanol–water partition coefficient (Wildman–Crippen LogP) is 3.14. The zero-order valence-corrected chi connectivity index (χ0v) is 8.90. The van der Waals surface area contributed by atoms with Crippen LogP contribution in [0.3, 0.4) is 0 Å². The van der Waals surface area contributed by atoms with E-state index in [-0.39, 0.29) is 11.5 Å². The van der Waals surface area contributed by atoms with Crippen molar-refractivity contribution in [2.45, 2.75) is 33.8 Å². The normalized spacial score (nSPS) is 14.8. The average Bonchev–Trinajstić information content (AvgIpc) is 2.31. The first kappa shape index (κ1) is 9.75. The topological polar surface area (TPSA) is 20.2 Å². The summed E-state index contributed by atoms with van der Waals surface area (Å²) in [6.07, 6.45) is -0.336. The smallest absolute Gasteiger partial charge is 0.0932 e. The molecule has 12 heavy (non-hydrogen) atoms. The Balaban J connectivity index is 2.92. The third-order valence-electron chi connectivity index (χ3n) is 1.97. The van der Waals surface area contributed by atoms with Crippen molar-refractivity contribution in [1.82, 2.24) is 0 Å². The maximum absolute atomic E-state index is 9.94. The van der Waals surface area contributed by atoms with Gasteiger partial charge in [0.1, 0.15) is 0 Å². The van der Waals surface area contributed by atoms with Gasteiger partial charge in [0.15, 0.2) is 0 Å². The van der Waals surface area contributed by atoms with Gasteiger partial charge >= 0.3 is 0 Å². The van der Waals surface area contributed by atoms with Gasteiger partial charge in [0, 0.05) is 4.88 Å². The van der Waals surface area contributed by atoms with Gasteiger partial charge in [-0.25, -0.2) is 0 Å². The Kier molecular flexibility index (Phi) is 2.59. The fourth-order valence-corrected chi connectivity index (χ4v) is 2.21. The molecule has 0 bridgehead atoms. The van der Waals surface area contributed by atoms with Crippen LogP contribution in [0.5, 0.6) is 0 Å². The molecular formula is C10H16OS. The first-order chi connectivity index (χ1) is 5.43. The fourth-order valence-electron chi connectivity index (χ4n) is 1.06. The van der Waals surface area contributed by atoms with Gasteiger partial charge in [0.2, 0.25) is 0 Å². The highest BCUT2D eigenvalue weighted by Gasteiger charge is 2.25. The molecule has 1 aromatic rings. The van der Waals surface area contributed by atoms with Crippen LogP contribution in [-0.2, 0) is 0 Å². The molecule has 1 N–H and O–H groups in total. The molecule has 1 aromatic heterocycles. The first-order valence-corrected chi connectivity index (χ1v) is 5.03. The molecule has 0 fully saturated rings. The van der Waals surface area contributed by atoms with Crippen LogP contribution in [0.25, 0.3) is 0 Å². The summed E-state index contributed by atoms with van der Waals surface area (Å²) >= 11 is 1.63. The van der Waals surface area contributed by atoms with Gasteiger partial charge < -0.3 is 5.11 Å². The molecule has 0 saturated carbocycles. The van der Waals surface area contributed by atoms with Gasteiger partial charge in [-0.3, -0.25) is 0 Å². The minimum Gasteiger partial charge on any atom is -0.387 e. The molecule has 0 spiro atoms. The van der Waals surface area contributed by atoms with Crippen LogP contribution in [0.1, 0.15) is 37.3 Å². The first-order valence-electron chi connectivity index (χ1n) is 4.15. The minimum atomic E-state index is -0.336. The summed E-state index contributed by atoms with van der Waals surface area (Å²) in [5.41, 5.74) is 1.14. The molecule has 0 radical (unpaired) electrons. The Morgan fingerprint density at radius 2 is 2.00 bits per heavy atom. The van der Waals surface area contributed by atoms with Crippen molar-refractivity contribution in [2.75, 3.05) is 0 Å². The summed E-state index contributed by atoms with van der Waals surface area (Å²) < 4.78 is 0. The van der Waals surface area contributed by atoms with Crippen LogP contribution in [0.4, 0.5) is 0 Å². The van der Waals surface area contributed by atoms with E-state index in [1.165, 1.54) is 5.56 Å². The molecule has 2 heteroatoms. The van der Waals surface area contributed by atoms with Gasteiger partial charge in [-0.1, -0.05) is 20.8 Å². The Morgan fingerprint density at radius 1 is 1.42 bits per heavy atom. The van der Waals surface area contributed by atoms with Crippen LogP contribution in [0.15, 0.2) is 11.4 Å². The number of hydrogen-bond donors (Lipinski definition) is 1. The zero-order chi connectivity index (χ0) is 9.35. The van der Waals surface area contributed by atoms with Crippen LogP contribution < -0.4 is 0 Å². The quantitative estimate of drug-likeness (QED) is 0.711. The van der Waals surface area contributed by atoms with Gasteiger partial charge in [-0.05, 0) is 29.3 Å². The molecule has 68 valence electrons. The Labute approximate surface area is 78.1 Å². The van der Waals surface area contributed by atoms with Crippen molar-refractivity contribution in [3.8, 4) is 0 Å². The summed E-state index contributed by atoms with van der Waals surface area (Å²) in [4.78, 5) is 1.10. The van der Waals surface area contributed by atoms with E-state index in [2.05, 4.69) is 26.8 Å². The molecule has 1 atom stereocenters. The molecular weight excluding hydrogens is 168 g/mol. The standard InChI is InChI=1S/C10H16OS/c1-7-5-6-12-8(7)9(11)10(2,3)4/h5-6,9,11H,1-4H3. The van der Waals surface area contributed by atoms with E-state index >= 15 is 0 Å². The third-order valence-corrected chi connectivity index (χ3v) is 3.04. The lowest BCUT2D eigenvalue weighted by molar-refractivity contribution is 0.0653. The lowest BCUT2D eigenvalue weighted by Crippen LogP contribution is -2.17. The fraction of sp³-hybridized carbons (Fsp3) is 0.600. The second kappa shape index (κ2) is 3.19. The van der Waals surface area contributed by atoms with Crippen molar-refractivity contribution in [3.05, 3.63) is 21.9 Å². The Morgan fingerprint density at radius 3 is 2.33 bits per heavy atom. The van der Waals surface area contributed by atoms with Crippen LogP contribution in [-0.4, -0.2) is 5.11 Å². The molecule has 1 nitrogen and oxygen atoms in total. The maximum atomic E-state index is 9.94. The lowest BCUT2D eigenvalue weighted by atomic mass is 9.87. The number of thiophene rings is 1. The predicted molar refractivity (Wildman–Crippen MR) is 53.5 cm³/mol. The van der Waals surface area contributed by atoms with E-state index in [1.807, 2.05) is 12.3 Å². The second-order valence-corrected chi connectivity index (χ2v) is 5.18. The number of aliphatic hydroxyl groups is 1. The zero-order valence-electron chi connectivity index (χ0n) is 8.09. The van der Waals surface area contributed by atoms with E-state index in [9.17, 15) is 5.11 Å². The monoisotopic (exact) mass is 184 g/mol. The lowest BCUT2D eigenvalue weighted by Gasteiger charge is -2.25. The summed E-state index contributed by atoms with van der Waals surface area (Å²) in [5.74, 6) is 0. The molecule has 1 heterocycles. The summed E-state index contributed by atoms with van der Waals surface area (Å²) in [6, 6.07) is 2.05. The van der Waals surface area contributed by atoms with E-state index in [4.69, 9.17) is 0 Å². The summed E-state index contributed by atoms with van der Waals surface area (Å²) in [5, 5.41) is 12.0. The highest BCUT2D eigenvalue weighted by Crippen LogP contribution is 2.36. The summed E-state index contributed by atoms with van der Waals surface area (Å²) in [7, 11) is 0. The molecule has 0 amide bonds. The highest BCUT2D eigenvalue weighted by molar-refractivity contribution is 7.10. The van der Waals surface area contributed by atoms with Crippen molar-refractivity contribution in [1.29, 1.82) is 0 Å². The van der Waals surface area contributed by atoms with Crippen LogP contribution >= 0.6 is 11.3 Å². The van der Waals surface area contributed by atoms with Crippen molar-refractivity contribution >= 4 is 11.3 Å². The molecule has 0 aliphatic carbocycles. The van der Waals surface area contributed by atoms with Gasteiger partial charge in [-0.15, -0.1) is 11.3 Å². The molecule has 1 unspecified atom stereocenters. The van der Waals surface area contributed by atoms with Gasteiger partial charge in [-0.2, -0.15) is 0 Å². The molecule has 0 aliphatic rings. The SMILES string of the molecule is Cc1ccsc1C(O)C(C)(C)C. The average molecular weight is 184 g/mol. The second-order valence-electron chi connectivity index (χ2n) is 4.24. The van der Waals surface area contributed by atoms with Crippen molar-refractivity contribution < 1.29 is 5.11 Å². The molecule has 0 aromatic carbocycles. The Hall–Kier alpha value is -0.340. The number of rotatable bonds is 1. The molecule has 1 rings (SSSR count). The van der Waals surface area contributed by atoms with E-state index in [0.717, 1.165) is 4.88 Å². The van der Waals surface area contributed by atoms with Gasteiger partial charge in [0.25, 0.3) is 0 Å². The number of hydrogen-bond acceptors (Lipinski definition) is 2. The van der Waals surface area contributed by atoms with Crippen LogP contribution in [0, 0.1) is 12.3 Å². The number of aliphatic hydroxyl groups excluding tert-OH is 1. The van der Waals surface area contributed by atoms with Crippen molar-refractivity contribution in [2.24, 2.45) is 5.41 Å². The molecule has 0 saturated heterocycles. The number of aryl methyl sites for hydroxylation is 1. The molecule has 0 aliphatic heterocycles. The van der Waals surface area contributed by atoms with Gasteiger partial charge in [0.05, 0.1) is 6.10 Å². The highest BCUT2D eigenvalue weighted by atomic mass is 32.1. The van der Waals surface area contributed by atoms with E-state index in [1.54, 1.807) is 11.3 Å². The maximum Gasteiger partial charge on any atom is 0.0932 e. The van der Waals surface area contributed by atoms with Crippen molar-refractivity contribution in [3.63, 3.8) is 0 Å². The van der Waals surface area contributed by atoms with Crippen LogP contribution in [0.2, 0.25) is 0 Å². The Bertz CT molecular complexity index is 257. The van der Waals surface area contributed by atoms with E-state index < -0.39 is 0 Å². The summed E-state index contributed by atoms with van der Waals surface area (Å²) in [6.45, 7) is 8.20. The largest absolute Gasteiger partial charge is 0.387 e. The van der Waals surface area contributed by atoms with E-state index in [0.29, 0.717) is 0 Å².